The van der Waals surface area contributed by atoms with Gasteiger partial charge in [-0.05, 0) is 37.6 Å². The van der Waals surface area contributed by atoms with E-state index in [0.717, 1.165) is 49.2 Å². The molecule has 2 amide bonds. The van der Waals surface area contributed by atoms with Crippen LogP contribution in [0.3, 0.4) is 0 Å². The van der Waals surface area contributed by atoms with Crippen molar-refractivity contribution in [2.75, 3.05) is 25.4 Å². The summed E-state index contributed by atoms with van der Waals surface area (Å²) in [5.74, 6) is 1.43. The van der Waals surface area contributed by atoms with Crippen LogP contribution in [0.1, 0.15) is 38.5 Å². The molecule has 0 saturated carbocycles. The average Bonchev–Trinajstić information content (AvgIpc) is 3.11. The lowest BCUT2D eigenvalue weighted by Crippen LogP contribution is -2.56. The smallest absolute Gasteiger partial charge is 0.387 e. The number of amides is 2. The van der Waals surface area contributed by atoms with Gasteiger partial charge in [-0.3, -0.25) is 24.3 Å². The molecule has 0 aromatic rings. The number of phosphoric acid groups is 2. The Morgan fingerprint density at radius 2 is 1.89 bits per heavy atom. The highest BCUT2D eigenvalue weighted by molar-refractivity contribution is 7.80. The molecule has 0 aromatic heterocycles. The van der Waals surface area contributed by atoms with Gasteiger partial charge >= 0.3 is 21.7 Å². The number of ether oxygens (including phenoxy) is 1. The Kier molecular flexibility index (Phi) is 13.6. The Morgan fingerprint density at radius 1 is 1.18 bits per heavy atom. The number of hydrogen-bond donors (Lipinski definition) is 9. The molecule has 5 unspecified atom stereocenters. The van der Waals surface area contributed by atoms with Gasteiger partial charge in [0, 0.05) is 19.2 Å². The van der Waals surface area contributed by atoms with Crippen LogP contribution >= 0.6 is 28.3 Å². The Morgan fingerprint density at radius 3 is 2.53 bits per heavy atom. The predicted molar refractivity (Wildman–Crippen MR) is 139 cm³/mol. The monoisotopic (exact) mass is 605 g/mol. The molecule has 0 spiro atoms. The number of phosphoric ester groups is 2. The highest BCUT2D eigenvalue weighted by Gasteiger charge is 2.51. The Balaban J connectivity index is 1.81. The van der Waals surface area contributed by atoms with Gasteiger partial charge in [0.25, 0.3) is 0 Å². The minimum atomic E-state index is -5.13. The summed E-state index contributed by atoms with van der Waals surface area (Å²) >= 11 is 4.14. The molecule has 0 bridgehead atoms. The van der Waals surface area contributed by atoms with Gasteiger partial charge in [0.15, 0.2) is 6.23 Å². The van der Waals surface area contributed by atoms with Gasteiger partial charge in [-0.2, -0.15) is 12.6 Å². The number of rotatable bonds is 17. The fraction of sp³-hybridized carbons (Fsp3) is 0.789. The largest absolute Gasteiger partial charge is 0.470 e. The number of nitrogens with two attached hydrogens (primary N) is 1. The lowest BCUT2D eigenvalue weighted by atomic mass is 10.1. The maximum absolute atomic E-state index is 12.6. The number of urea groups is 1. The predicted octanol–water partition coefficient (Wildman–Crippen LogP) is -0.258. The van der Waals surface area contributed by atoms with Gasteiger partial charge in [-0.1, -0.05) is 12.8 Å². The van der Waals surface area contributed by atoms with Gasteiger partial charge in [0.1, 0.15) is 24.5 Å². The molecule has 1 saturated heterocycles. The summed E-state index contributed by atoms with van der Waals surface area (Å²) in [5, 5.41) is 16.3. The van der Waals surface area contributed by atoms with E-state index in [4.69, 9.17) is 30.0 Å². The van der Waals surface area contributed by atoms with Crippen LogP contribution in [0.4, 0.5) is 4.79 Å². The zero-order chi connectivity index (χ0) is 28.3. The molecule has 0 radical (unpaired) electrons. The van der Waals surface area contributed by atoms with Crippen LogP contribution in [-0.4, -0.2) is 97.6 Å². The number of carbonyl (C=O) groups excluding carboxylic acids is 1. The van der Waals surface area contributed by atoms with Crippen LogP contribution in [-0.2, 0) is 22.9 Å². The number of nitrogens with one attached hydrogen (secondary N) is 2. The first-order valence-electron chi connectivity index (χ1n) is 12.0. The van der Waals surface area contributed by atoms with Crippen molar-refractivity contribution >= 4 is 40.1 Å². The number of aliphatic hydroxyl groups excluding tert-OH is 1. The summed E-state index contributed by atoms with van der Waals surface area (Å²) in [6.07, 6.45) is 1.30. The summed E-state index contributed by atoms with van der Waals surface area (Å²) in [7, 11) is -10.1. The van der Waals surface area contributed by atoms with Crippen molar-refractivity contribution in [3.05, 3.63) is 12.3 Å². The number of unbranched alkanes of at least 4 members (excludes halogenated alkanes) is 3. The maximum Gasteiger partial charge on any atom is 0.470 e. The molecule has 9 N–H and O–H groups in total. The van der Waals surface area contributed by atoms with Crippen molar-refractivity contribution in [3.63, 3.8) is 0 Å². The summed E-state index contributed by atoms with van der Waals surface area (Å²) < 4.78 is 36.6. The number of aliphatic hydroxyl groups is 1. The second-order valence-electron chi connectivity index (χ2n) is 8.65. The van der Waals surface area contributed by atoms with Gasteiger partial charge in [-0.25, -0.2) is 13.9 Å². The van der Waals surface area contributed by atoms with E-state index >= 15 is 0 Å². The van der Waals surface area contributed by atoms with E-state index < -0.39 is 59.0 Å². The second-order valence-corrected chi connectivity index (χ2v) is 11.5. The molecular formula is C19H37N5O11P2S. The van der Waals surface area contributed by atoms with Crippen LogP contribution in [0.5, 0.6) is 0 Å². The van der Waals surface area contributed by atoms with Gasteiger partial charge < -0.3 is 40.5 Å². The molecule has 19 heteroatoms. The van der Waals surface area contributed by atoms with Crippen molar-refractivity contribution in [3.8, 4) is 0 Å². The molecule has 220 valence electrons. The Labute approximate surface area is 225 Å². The van der Waals surface area contributed by atoms with E-state index in [1.54, 1.807) is 6.08 Å². The molecule has 0 aromatic carbocycles. The molecule has 2 rings (SSSR count). The molecule has 2 aliphatic heterocycles. The second kappa shape index (κ2) is 15.6. The van der Waals surface area contributed by atoms with Crippen LogP contribution in [0, 0.1) is 0 Å². The summed E-state index contributed by atoms with van der Waals surface area (Å²) in [5.41, 5.74) is 5.81. The lowest BCUT2D eigenvalue weighted by Gasteiger charge is -2.33. The van der Waals surface area contributed by atoms with Gasteiger partial charge in [-0.15, -0.1) is 0 Å². The summed E-state index contributed by atoms with van der Waals surface area (Å²) in [4.78, 5) is 54.0. The average molecular weight is 606 g/mol. The zero-order valence-corrected chi connectivity index (χ0v) is 23.3. The van der Waals surface area contributed by atoms with Crippen LogP contribution in [0.2, 0.25) is 0 Å². The van der Waals surface area contributed by atoms with Crippen LogP contribution < -0.4 is 16.4 Å². The molecule has 0 aliphatic carbocycles. The molecular weight excluding hydrogens is 568 g/mol. The van der Waals surface area contributed by atoms with Crippen LogP contribution in [0.15, 0.2) is 17.3 Å². The van der Waals surface area contributed by atoms with Crippen LogP contribution in [0.25, 0.3) is 0 Å². The number of thiol groups is 1. The topological polar surface area (TPSA) is 246 Å². The number of carbonyl (C=O) groups is 1. The summed E-state index contributed by atoms with van der Waals surface area (Å²) in [6, 6.07) is -0.686. The highest BCUT2D eigenvalue weighted by atomic mass is 32.1. The number of aliphatic imine (C=N–C) groups is 1. The fourth-order valence-electron chi connectivity index (χ4n) is 3.77. The van der Waals surface area contributed by atoms with Crippen molar-refractivity contribution in [2.24, 2.45) is 10.7 Å². The Bertz CT molecular complexity index is 918. The third-order valence-corrected chi connectivity index (χ3v) is 6.88. The number of nitrogens with zero attached hydrogens (tertiary/aromatic N) is 2. The van der Waals surface area contributed by atoms with Crippen molar-refractivity contribution in [1.29, 1.82) is 0 Å². The molecule has 16 nitrogen and oxygen atoms in total. The molecule has 38 heavy (non-hydrogen) atoms. The quantitative estimate of drug-likeness (QED) is 0.0341. The maximum atomic E-state index is 12.6. The zero-order valence-electron chi connectivity index (χ0n) is 20.6. The van der Waals surface area contributed by atoms with E-state index in [9.17, 15) is 19.0 Å². The standard InChI is InChI=1S/C19H37N5O11P2S/c20-14(6-5-11-38)21-8-3-1-2-4-9-22-15-7-10-24(19(26)23-15)18-16(25)17(35-37(30,31)32)13(34-18)12-33-36(27,28)29/h7,10,13,15-18,22,25,38H,1-6,8-9,11-12H2,(H2,20,21)(H,23,26)(H2,27,28,29)(H2,30,31,32). The van der Waals surface area contributed by atoms with Gasteiger partial charge in [0.05, 0.1) is 12.4 Å². The Hall–Kier alpha value is -1.07. The molecule has 2 heterocycles. The van der Waals surface area contributed by atoms with E-state index in [-0.39, 0.29) is 0 Å². The molecule has 1 fully saturated rings. The highest BCUT2D eigenvalue weighted by Crippen LogP contribution is 2.44. The first kappa shape index (κ1) is 33.1. The van der Waals surface area contributed by atoms with E-state index in [2.05, 4.69) is 37.3 Å². The van der Waals surface area contributed by atoms with Crippen molar-refractivity contribution in [2.45, 2.75) is 69.2 Å². The first-order chi connectivity index (χ1) is 17.8. The lowest BCUT2D eigenvalue weighted by molar-refractivity contribution is -0.0655. The van der Waals surface area contributed by atoms with E-state index in [1.807, 2.05) is 0 Å². The third kappa shape index (κ3) is 12.0. The van der Waals surface area contributed by atoms with E-state index in [1.165, 1.54) is 6.20 Å². The SMILES string of the molecule is NC(CCCS)=NCCCCCCNC1C=CN(C2OC(COP(=O)(O)O)C(OP(=O)(O)O)C2O)C(=O)N1. The fourth-order valence-corrected chi connectivity index (χ4v) is 4.85. The number of amidine groups is 1. The molecule has 2 aliphatic rings. The van der Waals surface area contributed by atoms with Gasteiger partial charge in [0.2, 0.25) is 0 Å². The van der Waals surface area contributed by atoms with Crippen molar-refractivity contribution < 1.29 is 52.4 Å². The minimum Gasteiger partial charge on any atom is -0.387 e. The summed E-state index contributed by atoms with van der Waals surface area (Å²) in [6.45, 7) is 0.442. The number of hydrogen-bond acceptors (Lipinski definition) is 10. The van der Waals surface area contributed by atoms with E-state index in [0.29, 0.717) is 18.9 Å². The molecule has 5 atom stereocenters. The van der Waals surface area contributed by atoms with Crippen molar-refractivity contribution in [1.82, 2.24) is 15.5 Å². The third-order valence-electron chi connectivity index (χ3n) is 5.56. The first-order valence-corrected chi connectivity index (χ1v) is 15.7. The minimum absolute atomic E-state index is 0.510. The normalized spacial score (nSPS) is 26.7.